The highest BCUT2D eigenvalue weighted by molar-refractivity contribution is 6.74. The first-order valence-electron chi connectivity index (χ1n) is 16.0. The Kier molecular flexibility index (Phi) is 10.7. The minimum atomic E-state index is -1.75. The molecule has 0 spiro atoms. The molecule has 0 amide bonds. The van der Waals surface area contributed by atoms with Gasteiger partial charge in [-0.3, -0.25) is 0 Å². The molecule has 38 heavy (non-hydrogen) atoms. The SMILES string of the molecule is CCOC(CC)CO[C@@H](C)[C@H]1CCC2/C(=C/C=C3\CC(O[Si](C)(C)C(C)(C)C)CCC3(C)C)CCC[C@@]21C. The minimum Gasteiger partial charge on any atom is -0.414 e. The molecule has 0 aromatic heterocycles. The van der Waals surface area contributed by atoms with Gasteiger partial charge in [-0.05, 0) is 112 Å². The highest BCUT2D eigenvalue weighted by Gasteiger charge is 2.51. The summed E-state index contributed by atoms with van der Waals surface area (Å²) in [6.07, 6.45) is 17.0. The topological polar surface area (TPSA) is 27.7 Å². The van der Waals surface area contributed by atoms with Crippen molar-refractivity contribution in [2.75, 3.05) is 13.2 Å². The van der Waals surface area contributed by atoms with Gasteiger partial charge in [0.25, 0.3) is 0 Å². The van der Waals surface area contributed by atoms with Crippen molar-refractivity contribution in [3.63, 3.8) is 0 Å². The van der Waals surface area contributed by atoms with Crippen LogP contribution in [0.2, 0.25) is 18.1 Å². The zero-order chi connectivity index (χ0) is 28.4. The Morgan fingerprint density at radius 1 is 1.00 bits per heavy atom. The molecule has 220 valence electrons. The Morgan fingerprint density at radius 3 is 2.34 bits per heavy atom. The molecular formula is C34H62O3Si. The van der Waals surface area contributed by atoms with E-state index in [0.29, 0.717) is 29.5 Å². The van der Waals surface area contributed by atoms with E-state index in [1.165, 1.54) is 44.9 Å². The maximum absolute atomic E-state index is 6.90. The van der Waals surface area contributed by atoms with Gasteiger partial charge in [0, 0.05) is 12.7 Å². The van der Waals surface area contributed by atoms with E-state index < -0.39 is 8.32 Å². The van der Waals surface area contributed by atoms with Gasteiger partial charge in [0.1, 0.15) is 0 Å². The minimum absolute atomic E-state index is 0.226. The molecule has 0 saturated heterocycles. The molecule has 3 saturated carbocycles. The molecular weight excluding hydrogens is 484 g/mol. The van der Waals surface area contributed by atoms with E-state index in [1.807, 2.05) is 0 Å². The molecule has 3 aliphatic carbocycles. The lowest BCUT2D eigenvalue weighted by molar-refractivity contribution is -0.0735. The van der Waals surface area contributed by atoms with Crippen LogP contribution in [0.1, 0.15) is 120 Å². The van der Waals surface area contributed by atoms with E-state index >= 15 is 0 Å². The Bertz CT molecular complexity index is 835. The summed E-state index contributed by atoms with van der Waals surface area (Å²) in [6.45, 7) is 27.4. The van der Waals surface area contributed by atoms with Crippen LogP contribution in [0.15, 0.2) is 23.3 Å². The van der Waals surface area contributed by atoms with Crippen LogP contribution in [-0.4, -0.2) is 39.8 Å². The number of ether oxygens (including phenoxy) is 2. The van der Waals surface area contributed by atoms with Crippen molar-refractivity contribution < 1.29 is 13.9 Å². The van der Waals surface area contributed by atoms with Crippen LogP contribution in [0.25, 0.3) is 0 Å². The van der Waals surface area contributed by atoms with Crippen LogP contribution in [-0.2, 0) is 13.9 Å². The smallest absolute Gasteiger partial charge is 0.192 e. The number of hydrogen-bond acceptors (Lipinski definition) is 3. The zero-order valence-electron chi connectivity index (χ0n) is 27.0. The lowest BCUT2D eigenvalue weighted by Gasteiger charge is -2.45. The van der Waals surface area contributed by atoms with Gasteiger partial charge < -0.3 is 13.9 Å². The van der Waals surface area contributed by atoms with Crippen LogP contribution < -0.4 is 0 Å². The summed E-state index contributed by atoms with van der Waals surface area (Å²) in [5.74, 6) is 1.33. The third-order valence-electron chi connectivity index (χ3n) is 11.2. The Morgan fingerprint density at radius 2 is 1.71 bits per heavy atom. The molecule has 3 aliphatic rings. The molecule has 3 nitrogen and oxygen atoms in total. The third-order valence-corrected chi connectivity index (χ3v) is 15.7. The second-order valence-corrected chi connectivity index (χ2v) is 19.9. The molecule has 0 bridgehead atoms. The fourth-order valence-corrected chi connectivity index (χ4v) is 8.83. The summed E-state index contributed by atoms with van der Waals surface area (Å²) < 4.78 is 19.2. The fourth-order valence-electron chi connectivity index (χ4n) is 7.45. The van der Waals surface area contributed by atoms with Crippen molar-refractivity contribution in [2.24, 2.45) is 22.7 Å². The second kappa shape index (κ2) is 12.6. The first kappa shape index (κ1) is 32.1. The monoisotopic (exact) mass is 546 g/mol. The van der Waals surface area contributed by atoms with Gasteiger partial charge in [0.2, 0.25) is 0 Å². The van der Waals surface area contributed by atoms with Gasteiger partial charge in [-0.25, -0.2) is 0 Å². The maximum atomic E-state index is 6.90. The van der Waals surface area contributed by atoms with E-state index in [4.69, 9.17) is 13.9 Å². The predicted molar refractivity (Wildman–Crippen MR) is 165 cm³/mol. The van der Waals surface area contributed by atoms with Crippen molar-refractivity contribution in [1.29, 1.82) is 0 Å². The van der Waals surface area contributed by atoms with Gasteiger partial charge in [-0.1, -0.05) is 71.8 Å². The van der Waals surface area contributed by atoms with Gasteiger partial charge in [0.15, 0.2) is 8.32 Å². The summed E-state index contributed by atoms with van der Waals surface area (Å²) in [5, 5.41) is 0.263. The average Bonchev–Trinajstić information content (AvgIpc) is 3.18. The lowest BCUT2D eigenvalue weighted by atomic mass is 9.62. The molecule has 0 heterocycles. The van der Waals surface area contributed by atoms with E-state index in [0.717, 1.165) is 26.1 Å². The van der Waals surface area contributed by atoms with Gasteiger partial charge >= 0.3 is 0 Å². The van der Waals surface area contributed by atoms with Crippen molar-refractivity contribution in [1.82, 2.24) is 0 Å². The molecule has 0 aromatic carbocycles. The Labute approximate surface area is 237 Å². The summed E-state index contributed by atoms with van der Waals surface area (Å²) in [7, 11) is -1.75. The summed E-state index contributed by atoms with van der Waals surface area (Å²) in [5.41, 5.74) is 3.91. The number of rotatable bonds is 10. The van der Waals surface area contributed by atoms with Crippen molar-refractivity contribution >= 4 is 8.32 Å². The molecule has 0 aliphatic heterocycles. The zero-order valence-corrected chi connectivity index (χ0v) is 28.0. The standard InChI is InChI=1S/C34H62O3Si/c1-12-28(35-13-2)24-36-25(3)30-18-19-31-26(15-14-21-34(30,31)9)16-17-27-23-29(20-22-33(27,7)8)37-38(10,11)32(4,5)6/h16-17,25,28-31H,12-15,18-24H2,1-11H3/b26-16+,27-17+/t25-,28?,29?,30+,31?,34+/m0/s1. The lowest BCUT2D eigenvalue weighted by Crippen LogP contribution is -2.45. The van der Waals surface area contributed by atoms with E-state index in [1.54, 1.807) is 11.1 Å². The second-order valence-electron chi connectivity index (χ2n) is 15.2. The first-order valence-corrected chi connectivity index (χ1v) is 18.9. The largest absolute Gasteiger partial charge is 0.414 e. The third kappa shape index (κ3) is 7.25. The van der Waals surface area contributed by atoms with Crippen molar-refractivity contribution in [3.8, 4) is 0 Å². The number of allylic oxidation sites excluding steroid dienone is 3. The number of fused-ring (bicyclic) bond motifs is 1. The first-order chi connectivity index (χ1) is 17.6. The van der Waals surface area contributed by atoms with Gasteiger partial charge in [0.05, 0.1) is 18.8 Å². The normalized spacial score (nSPS) is 33.9. The average molecular weight is 547 g/mol. The number of hydrogen-bond donors (Lipinski definition) is 0. The van der Waals surface area contributed by atoms with Crippen LogP contribution in [0.3, 0.4) is 0 Å². The maximum Gasteiger partial charge on any atom is 0.192 e. The molecule has 3 unspecified atom stereocenters. The molecule has 3 rings (SSSR count). The van der Waals surface area contributed by atoms with Crippen molar-refractivity contribution in [3.05, 3.63) is 23.3 Å². The quantitative estimate of drug-likeness (QED) is 0.255. The highest BCUT2D eigenvalue weighted by Crippen LogP contribution is 2.58. The molecule has 3 fully saturated rings. The Hall–Kier alpha value is -0.423. The predicted octanol–water partition coefficient (Wildman–Crippen LogP) is 9.88. The molecule has 6 atom stereocenters. The summed E-state index contributed by atoms with van der Waals surface area (Å²) >= 11 is 0. The summed E-state index contributed by atoms with van der Waals surface area (Å²) in [4.78, 5) is 0. The van der Waals surface area contributed by atoms with E-state index in [-0.39, 0.29) is 16.6 Å². The van der Waals surface area contributed by atoms with E-state index in [2.05, 4.69) is 87.6 Å². The highest BCUT2D eigenvalue weighted by atomic mass is 28.4. The van der Waals surface area contributed by atoms with Crippen LogP contribution >= 0.6 is 0 Å². The van der Waals surface area contributed by atoms with Gasteiger partial charge in [-0.2, -0.15) is 0 Å². The van der Waals surface area contributed by atoms with Gasteiger partial charge in [-0.15, -0.1) is 0 Å². The Balaban J connectivity index is 1.73. The van der Waals surface area contributed by atoms with Crippen LogP contribution in [0.5, 0.6) is 0 Å². The molecule has 4 heteroatoms. The molecule has 0 N–H and O–H groups in total. The fraction of sp³-hybridized carbons (Fsp3) is 0.882. The summed E-state index contributed by atoms with van der Waals surface area (Å²) in [6, 6.07) is 0. The molecule has 0 radical (unpaired) electrons. The van der Waals surface area contributed by atoms with Crippen LogP contribution in [0, 0.1) is 22.7 Å². The van der Waals surface area contributed by atoms with E-state index in [9.17, 15) is 0 Å². The molecule has 0 aromatic rings. The van der Waals surface area contributed by atoms with Crippen molar-refractivity contribution in [2.45, 2.75) is 157 Å². The van der Waals surface area contributed by atoms with Crippen LogP contribution in [0.4, 0.5) is 0 Å².